The SMILES string of the molecule is CCCNCc1cc(Br)ccc1Oc1cc(C)cc(C)c1. The first-order chi connectivity index (χ1) is 10.1. The van der Waals surface area contributed by atoms with Crippen LogP contribution in [0.4, 0.5) is 0 Å². The fourth-order valence-electron chi connectivity index (χ4n) is 2.30. The van der Waals surface area contributed by atoms with Gasteiger partial charge in [-0.3, -0.25) is 0 Å². The summed E-state index contributed by atoms with van der Waals surface area (Å²) in [7, 11) is 0. The number of halogens is 1. The van der Waals surface area contributed by atoms with Crippen LogP contribution in [-0.4, -0.2) is 6.54 Å². The van der Waals surface area contributed by atoms with Gasteiger partial charge in [-0.25, -0.2) is 0 Å². The normalized spacial score (nSPS) is 10.7. The van der Waals surface area contributed by atoms with Crippen molar-refractivity contribution in [2.45, 2.75) is 33.7 Å². The van der Waals surface area contributed by atoms with Gasteiger partial charge in [-0.2, -0.15) is 0 Å². The minimum Gasteiger partial charge on any atom is -0.457 e. The van der Waals surface area contributed by atoms with Crippen molar-refractivity contribution < 1.29 is 4.74 Å². The summed E-state index contributed by atoms with van der Waals surface area (Å²) < 4.78 is 7.17. The van der Waals surface area contributed by atoms with Crippen LogP contribution < -0.4 is 10.1 Å². The Labute approximate surface area is 135 Å². The van der Waals surface area contributed by atoms with Gasteiger partial charge in [-0.15, -0.1) is 0 Å². The van der Waals surface area contributed by atoms with Crippen molar-refractivity contribution in [3.05, 3.63) is 57.6 Å². The summed E-state index contributed by atoms with van der Waals surface area (Å²) in [5, 5.41) is 3.43. The molecule has 112 valence electrons. The molecule has 0 saturated carbocycles. The van der Waals surface area contributed by atoms with Crippen molar-refractivity contribution in [2.75, 3.05) is 6.54 Å². The Hall–Kier alpha value is -1.32. The van der Waals surface area contributed by atoms with E-state index in [1.807, 2.05) is 12.1 Å². The van der Waals surface area contributed by atoms with Gasteiger partial charge in [0.2, 0.25) is 0 Å². The van der Waals surface area contributed by atoms with Crippen molar-refractivity contribution >= 4 is 15.9 Å². The summed E-state index contributed by atoms with van der Waals surface area (Å²) in [6.45, 7) is 8.17. The van der Waals surface area contributed by atoms with E-state index in [9.17, 15) is 0 Å². The van der Waals surface area contributed by atoms with Crippen LogP contribution in [0.5, 0.6) is 11.5 Å². The van der Waals surface area contributed by atoms with Gasteiger partial charge in [0, 0.05) is 16.6 Å². The molecule has 0 amide bonds. The predicted octanol–water partition coefficient (Wildman–Crippen LogP) is 5.36. The average Bonchev–Trinajstić information content (AvgIpc) is 2.41. The molecule has 2 rings (SSSR count). The smallest absolute Gasteiger partial charge is 0.131 e. The van der Waals surface area contributed by atoms with Crippen LogP contribution in [0.2, 0.25) is 0 Å². The first-order valence-corrected chi connectivity index (χ1v) is 8.13. The Morgan fingerprint density at radius 3 is 2.43 bits per heavy atom. The number of benzene rings is 2. The highest BCUT2D eigenvalue weighted by Gasteiger charge is 2.06. The van der Waals surface area contributed by atoms with Crippen molar-refractivity contribution in [1.82, 2.24) is 5.32 Å². The van der Waals surface area contributed by atoms with Crippen molar-refractivity contribution in [2.24, 2.45) is 0 Å². The van der Waals surface area contributed by atoms with Gasteiger partial charge in [0.1, 0.15) is 11.5 Å². The zero-order valence-corrected chi connectivity index (χ0v) is 14.5. The minimum atomic E-state index is 0.813. The van der Waals surface area contributed by atoms with Gasteiger partial charge in [0.25, 0.3) is 0 Å². The highest BCUT2D eigenvalue weighted by molar-refractivity contribution is 9.10. The molecule has 0 bridgehead atoms. The number of hydrogen-bond donors (Lipinski definition) is 1. The van der Waals surface area contributed by atoms with Crippen LogP contribution in [0.15, 0.2) is 40.9 Å². The standard InChI is InChI=1S/C18H22BrNO/c1-4-7-20-12-15-11-16(19)5-6-18(15)21-17-9-13(2)8-14(3)10-17/h5-6,8-11,20H,4,7,12H2,1-3H3. The fraction of sp³-hybridized carbons (Fsp3) is 0.333. The lowest BCUT2D eigenvalue weighted by molar-refractivity contribution is 0.471. The lowest BCUT2D eigenvalue weighted by atomic mass is 10.1. The second-order valence-electron chi connectivity index (χ2n) is 5.35. The third-order valence-corrected chi connectivity index (χ3v) is 3.68. The summed E-state index contributed by atoms with van der Waals surface area (Å²) >= 11 is 3.53. The summed E-state index contributed by atoms with van der Waals surface area (Å²) in [5.41, 5.74) is 3.59. The van der Waals surface area contributed by atoms with E-state index in [-0.39, 0.29) is 0 Å². The first kappa shape index (κ1) is 16.1. The van der Waals surface area contributed by atoms with Gasteiger partial charge in [-0.05, 0) is 68.3 Å². The molecule has 0 heterocycles. The lowest BCUT2D eigenvalue weighted by Gasteiger charge is -2.13. The van der Waals surface area contributed by atoms with Crippen molar-refractivity contribution in [3.8, 4) is 11.5 Å². The van der Waals surface area contributed by atoms with E-state index in [1.54, 1.807) is 0 Å². The van der Waals surface area contributed by atoms with Crippen molar-refractivity contribution in [1.29, 1.82) is 0 Å². The summed E-state index contributed by atoms with van der Waals surface area (Å²) in [5.74, 6) is 1.80. The lowest BCUT2D eigenvalue weighted by Crippen LogP contribution is -2.14. The van der Waals surface area contributed by atoms with E-state index in [0.29, 0.717) is 0 Å². The van der Waals surface area contributed by atoms with E-state index in [0.717, 1.165) is 41.0 Å². The molecule has 0 atom stereocenters. The molecule has 0 aromatic heterocycles. The molecule has 0 spiro atoms. The molecule has 0 aliphatic carbocycles. The molecule has 0 saturated heterocycles. The average molecular weight is 348 g/mol. The maximum atomic E-state index is 6.10. The predicted molar refractivity (Wildman–Crippen MR) is 92.1 cm³/mol. The van der Waals surface area contributed by atoms with E-state index in [4.69, 9.17) is 4.74 Å². The van der Waals surface area contributed by atoms with E-state index < -0.39 is 0 Å². The molecule has 2 nitrogen and oxygen atoms in total. The fourth-order valence-corrected chi connectivity index (χ4v) is 2.71. The van der Waals surface area contributed by atoms with Gasteiger partial charge in [0.15, 0.2) is 0 Å². The third kappa shape index (κ3) is 4.87. The monoisotopic (exact) mass is 347 g/mol. The molecular weight excluding hydrogens is 326 g/mol. The van der Waals surface area contributed by atoms with Crippen LogP contribution in [0.1, 0.15) is 30.0 Å². The van der Waals surface area contributed by atoms with Gasteiger partial charge in [-0.1, -0.05) is 28.9 Å². The van der Waals surface area contributed by atoms with Crippen LogP contribution in [-0.2, 0) is 6.54 Å². The largest absolute Gasteiger partial charge is 0.457 e. The molecule has 0 fully saturated rings. The van der Waals surface area contributed by atoms with Crippen LogP contribution >= 0.6 is 15.9 Å². The molecule has 21 heavy (non-hydrogen) atoms. The molecule has 1 N–H and O–H groups in total. The van der Waals surface area contributed by atoms with Crippen LogP contribution in [0.3, 0.4) is 0 Å². The number of nitrogens with one attached hydrogen (secondary N) is 1. The number of ether oxygens (including phenoxy) is 1. The van der Waals surface area contributed by atoms with E-state index in [2.05, 4.69) is 66.3 Å². The molecule has 0 radical (unpaired) electrons. The molecule has 2 aromatic rings. The molecule has 0 unspecified atom stereocenters. The third-order valence-electron chi connectivity index (χ3n) is 3.19. The number of rotatable bonds is 6. The van der Waals surface area contributed by atoms with E-state index in [1.165, 1.54) is 11.1 Å². The molecule has 2 aromatic carbocycles. The first-order valence-electron chi connectivity index (χ1n) is 7.34. The number of hydrogen-bond acceptors (Lipinski definition) is 2. The minimum absolute atomic E-state index is 0.813. The Morgan fingerprint density at radius 1 is 1.05 bits per heavy atom. The zero-order chi connectivity index (χ0) is 15.2. The molecular formula is C18H22BrNO. The number of aryl methyl sites for hydroxylation is 2. The second kappa shape index (κ2) is 7.62. The summed E-state index contributed by atoms with van der Waals surface area (Å²) in [6, 6.07) is 12.4. The Kier molecular flexibility index (Phi) is 5.83. The Morgan fingerprint density at radius 2 is 1.76 bits per heavy atom. The van der Waals surface area contributed by atoms with Crippen LogP contribution in [0, 0.1) is 13.8 Å². The maximum absolute atomic E-state index is 6.10. The maximum Gasteiger partial charge on any atom is 0.131 e. The van der Waals surface area contributed by atoms with Gasteiger partial charge in [0.05, 0.1) is 0 Å². The van der Waals surface area contributed by atoms with Crippen LogP contribution in [0.25, 0.3) is 0 Å². The molecule has 3 heteroatoms. The summed E-state index contributed by atoms with van der Waals surface area (Å²) in [4.78, 5) is 0. The van der Waals surface area contributed by atoms with Gasteiger partial charge >= 0.3 is 0 Å². The van der Waals surface area contributed by atoms with Gasteiger partial charge < -0.3 is 10.1 Å². The highest BCUT2D eigenvalue weighted by Crippen LogP contribution is 2.29. The summed E-state index contributed by atoms with van der Waals surface area (Å²) in [6.07, 6.45) is 1.13. The molecule has 0 aliphatic rings. The Bertz CT molecular complexity index is 590. The Balaban J connectivity index is 2.21. The second-order valence-corrected chi connectivity index (χ2v) is 6.27. The van der Waals surface area contributed by atoms with Crippen molar-refractivity contribution in [3.63, 3.8) is 0 Å². The molecule has 0 aliphatic heterocycles. The van der Waals surface area contributed by atoms with E-state index >= 15 is 0 Å². The highest BCUT2D eigenvalue weighted by atomic mass is 79.9. The topological polar surface area (TPSA) is 21.3 Å². The zero-order valence-electron chi connectivity index (χ0n) is 12.9. The quantitative estimate of drug-likeness (QED) is 0.710.